The molecule has 0 aliphatic rings. The van der Waals surface area contributed by atoms with Crippen LogP contribution in [0.3, 0.4) is 0 Å². The van der Waals surface area contributed by atoms with Crippen molar-refractivity contribution < 1.29 is 14.3 Å². The van der Waals surface area contributed by atoms with Gasteiger partial charge in [-0.25, -0.2) is 9.48 Å². The normalized spacial score (nSPS) is 11.3. The maximum absolute atomic E-state index is 12.6. The molecule has 0 unspecified atom stereocenters. The van der Waals surface area contributed by atoms with Crippen LogP contribution in [0.2, 0.25) is 0 Å². The zero-order chi connectivity index (χ0) is 18.7. The van der Waals surface area contributed by atoms with Crippen molar-refractivity contribution in [3.05, 3.63) is 59.6 Å². The van der Waals surface area contributed by atoms with E-state index in [0.29, 0.717) is 11.3 Å². The number of carbonyl (C=O) groups is 2. The Morgan fingerprint density at radius 2 is 1.85 bits per heavy atom. The van der Waals surface area contributed by atoms with Gasteiger partial charge in [0.05, 0.1) is 10.6 Å². The fourth-order valence-electron chi connectivity index (χ4n) is 2.26. The molecule has 0 aliphatic carbocycles. The molecular formula is C20H20N2O3S. The van der Waals surface area contributed by atoms with E-state index in [4.69, 9.17) is 4.74 Å². The number of ketones is 1. The van der Waals surface area contributed by atoms with Crippen LogP contribution in [-0.4, -0.2) is 28.1 Å². The number of hydrogen-bond acceptors (Lipinski definition) is 5. The molecule has 2 heterocycles. The van der Waals surface area contributed by atoms with Gasteiger partial charge in [0.15, 0.2) is 12.4 Å². The van der Waals surface area contributed by atoms with E-state index in [1.807, 2.05) is 47.8 Å². The smallest absolute Gasteiger partial charge is 0.342 e. The third-order valence-electron chi connectivity index (χ3n) is 3.88. The highest BCUT2D eigenvalue weighted by molar-refractivity contribution is 7.13. The number of ether oxygens (including phenoxy) is 1. The van der Waals surface area contributed by atoms with Crippen LogP contribution in [0.5, 0.6) is 0 Å². The molecule has 6 heteroatoms. The summed E-state index contributed by atoms with van der Waals surface area (Å²) >= 11 is 1.49. The van der Waals surface area contributed by atoms with E-state index in [-0.39, 0.29) is 12.4 Å². The van der Waals surface area contributed by atoms with Crippen LogP contribution in [0.15, 0.2) is 54.0 Å². The second-order valence-electron chi connectivity index (χ2n) is 6.90. The largest absolute Gasteiger partial charge is 0.454 e. The zero-order valence-electron chi connectivity index (χ0n) is 14.9. The number of nitrogens with zero attached hydrogens (tertiary/aromatic N) is 2. The lowest BCUT2D eigenvalue weighted by molar-refractivity contribution is -0.129. The Morgan fingerprint density at radius 1 is 1.12 bits per heavy atom. The van der Waals surface area contributed by atoms with Crippen molar-refractivity contribution in [2.75, 3.05) is 6.61 Å². The second-order valence-corrected chi connectivity index (χ2v) is 7.85. The number of carbonyl (C=O) groups excluding carboxylic acids is 2. The summed E-state index contributed by atoms with van der Waals surface area (Å²) in [5, 5.41) is 6.49. The molecule has 134 valence electrons. The predicted octanol–water partition coefficient (Wildman–Crippen LogP) is 4.37. The lowest BCUT2D eigenvalue weighted by Gasteiger charge is -2.16. The minimum Gasteiger partial charge on any atom is -0.454 e. The van der Waals surface area contributed by atoms with Crippen LogP contribution in [0.1, 0.15) is 31.1 Å². The molecule has 26 heavy (non-hydrogen) atoms. The van der Waals surface area contributed by atoms with Gasteiger partial charge in [-0.1, -0.05) is 45.0 Å². The highest BCUT2D eigenvalue weighted by atomic mass is 32.1. The average Bonchev–Trinajstić information content (AvgIpc) is 3.28. The molecule has 0 radical (unpaired) electrons. The molecule has 2 aromatic heterocycles. The van der Waals surface area contributed by atoms with Gasteiger partial charge in [-0.3, -0.25) is 4.79 Å². The van der Waals surface area contributed by atoms with Crippen molar-refractivity contribution in [3.8, 4) is 16.3 Å². The number of thiophene rings is 1. The summed E-state index contributed by atoms with van der Waals surface area (Å²) in [6.45, 7) is 5.15. The third-order valence-corrected chi connectivity index (χ3v) is 4.76. The zero-order valence-corrected chi connectivity index (χ0v) is 15.7. The van der Waals surface area contributed by atoms with Gasteiger partial charge >= 0.3 is 5.97 Å². The summed E-state index contributed by atoms with van der Waals surface area (Å²) in [4.78, 5) is 25.5. The molecule has 3 rings (SSSR count). The number of aromatic nitrogens is 2. The Bertz CT molecular complexity index is 906. The van der Waals surface area contributed by atoms with E-state index < -0.39 is 11.4 Å². The molecule has 0 saturated carbocycles. The Labute approximate surface area is 156 Å². The van der Waals surface area contributed by atoms with Gasteiger partial charge in [0.25, 0.3) is 0 Å². The fraction of sp³-hybridized carbons (Fsp3) is 0.250. The van der Waals surface area contributed by atoms with Gasteiger partial charge in [0.1, 0.15) is 11.3 Å². The van der Waals surface area contributed by atoms with Gasteiger partial charge in [0, 0.05) is 11.6 Å². The second kappa shape index (κ2) is 7.25. The van der Waals surface area contributed by atoms with Gasteiger partial charge < -0.3 is 4.74 Å². The number of benzene rings is 1. The van der Waals surface area contributed by atoms with Crippen molar-refractivity contribution in [2.45, 2.75) is 20.8 Å². The standard InChI is InChI=1S/C20H20N2O3S/c1-20(2,3)17(23)13-25-19(24)15-12-22(14-8-5-4-6-9-14)21-18(15)16-10-7-11-26-16/h4-12H,13H2,1-3H3. The molecule has 0 N–H and O–H groups in total. The van der Waals surface area contributed by atoms with E-state index in [9.17, 15) is 9.59 Å². The van der Waals surface area contributed by atoms with Crippen LogP contribution in [0.4, 0.5) is 0 Å². The molecule has 1 aromatic carbocycles. The lowest BCUT2D eigenvalue weighted by atomic mass is 9.91. The van der Waals surface area contributed by atoms with Gasteiger partial charge in [-0.15, -0.1) is 11.3 Å². The molecule has 0 spiro atoms. The lowest BCUT2D eigenvalue weighted by Crippen LogP contribution is -2.26. The van der Waals surface area contributed by atoms with E-state index in [1.165, 1.54) is 11.3 Å². The monoisotopic (exact) mass is 368 g/mol. The van der Waals surface area contributed by atoms with Crippen molar-refractivity contribution in [1.29, 1.82) is 0 Å². The summed E-state index contributed by atoms with van der Waals surface area (Å²) < 4.78 is 6.92. The third kappa shape index (κ3) is 3.91. The average molecular weight is 368 g/mol. The first-order chi connectivity index (χ1) is 12.4. The minimum atomic E-state index is -0.551. The quantitative estimate of drug-likeness (QED) is 0.627. The summed E-state index contributed by atoms with van der Waals surface area (Å²) in [6.07, 6.45) is 1.65. The van der Waals surface area contributed by atoms with Crippen LogP contribution in [-0.2, 0) is 9.53 Å². The van der Waals surface area contributed by atoms with Crippen LogP contribution in [0, 0.1) is 5.41 Å². The Balaban J connectivity index is 1.91. The Morgan fingerprint density at radius 3 is 2.46 bits per heavy atom. The van der Waals surface area contributed by atoms with Gasteiger partial charge in [0.2, 0.25) is 0 Å². The summed E-state index contributed by atoms with van der Waals surface area (Å²) in [5.41, 5.74) is 1.19. The Kier molecular flexibility index (Phi) is 5.04. The Hall–Kier alpha value is -2.73. The van der Waals surface area contributed by atoms with E-state index in [1.54, 1.807) is 31.6 Å². The van der Waals surface area contributed by atoms with E-state index >= 15 is 0 Å². The van der Waals surface area contributed by atoms with Crippen molar-refractivity contribution >= 4 is 23.1 Å². The van der Waals surface area contributed by atoms with E-state index in [2.05, 4.69) is 5.10 Å². The molecular weight excluding hydrogens is 348 g/mol. The summed E-state index contributed by atoms with van der Waals surface area (Å²) in [5.74, 6) is -0.674. The number of para-hydroxylation sites is 1. The predicted molar refractivity (Wildman–Crippen MR) is 102 cm³/mol. The molecule has 0 bridgehead atoms. The van der Waals surface area contributed by atoms with Crippen molar-refractivity contribution in [2.24, 2.45) is 5.41 Å². The van der Waals surface area contributed by atoms with E-state index in [0.717, 1.165) is 10.6 Å². The molecule has 0 aliphatic heterocycles. The minimum absolute atomic E-state index is 0.126. The van der Waals surface area contributed by atoms with Gasteiger partial charge in [-0.05, 0) is 23.6 Å². The van der Waals surface area contributed by atoms with Crippen LogP contribution >= 0.6 is 11.3 Å². The van der Waals surface area contributed by atoms with Crippen LogP contribution < -0.4 is 0 Å². The van der Waals surface area contributed by atoms with Crippen molar-refractivity contribution in [3.63, 3.8) is 0 Å². The molecule has 0 fully saturated rings. The topological polar surface area (TPSA) is 61.2 Å². The summed E-state index contributed by atoms with van der Waals surface area (Å²) in [7, 11) is 0. The SMILES string of the molecule is CC(C)(C)C(=O)COC(=O)c1cn(-c2ccccc2)nc1-c1cccs1. The molecule has 0 amide bonds. The number of hydrogen-bond donors (Lipinski definition) is 0. The molecule has 3 aromatic rings. The number of esters is 1. The molecule has 0 atom stereocenters. The fourth-order valence-corrected chi connectivity index (χ4v) is 2.98. The highest BCUT2D eigenvalue weighted by Gasteiger charge is 2.25. The van der Waals surface area contributed by atoms with Gasteiger partial charge in [-0.2, -0.15) is 5.10 Å². The number of rotatable bonds is 5. The molecule has 0 saturated heterocycles. The highest BCUT2D eigenvalue weighted by Crippen LogP contribution is 2.28. The maximum atomic E-state index is 12.6. The van der Waals surface area contributed by atoms with Crippen LogP contribution in [0.25, 0.3) is 16.3 Å². The first-order valence-electron chi connectivity index (χ1n) is 8.25. The van der Waals surface area contributed by atoms with Crippen molar-refractivity contribution in [1.82, 2.24) is 9.78 Å². The number of Topliss-reactive ketones (excluding diaryl/α,β-unsaturated/α-hetero) is 1. The summed E-state index contributed by atoms with van der Waals surface area (Å²) in [6, 6.07) is 13.3. The first-order valence-corrected chi connectivity index (χ1v) is 9.13. The maximum Gasteiger partial charge on any atom is 0.342 e. The molecule has 5 nitrogen and oxygen atoms in total. The first kappa shape index (κ1) is 18.1.